The first-order chi connectivity index (χ1) is 11.4. The van der Waals surface area contributed by atoms with Crippen LogP contribution < -0.4 is 9.62 Å². The number of carbonyl (C=O) groups excluding carboxylic acids is 2. The number of nitrogens with zero attached hydrogens (tertiary/aromatic N) is 1. The standard InChI is InChI=1S/C16H13FN2O4S/c17-11-4-6-12(7-5-11)18-24(22,23)14-3-1-2-13(10-14)19-15(20)8-9-16(19)21/h1-7,10,18H,8-9H2. The molecule has 0 bridgehead atoms. The summed E-state index contributed by atoms with van der Waals surface area (Å²) in [4.78, 5) is 24.4. The van der Waals surface area contributed by atoms with Crippen molar-refractivity contribution in [2.45, 2.75) is 17.7 Å². The Labute approximate surface area is 138 Å². The van der Waals surface area contributed by atoms with Crippen LogP contribution in [-0.4, -0.2) is 20.2 Å². The Morgan fingerprint density at radius 1 is 0.958 bits per heavy atom. The minimum atomic E-state index is -3.93. The molecule has 8 heteroatoms. The second kappa shape index (κ2) is 6.04. The summed E-state index contributed by atoms with van der Waals surface area (Å²) in [5.74, 6) is -1.20. The topological polar surface area (TPSA) is 83.6 Å². The second-order valence-electron chi connectivity index (χ2n) is 5.23. The fourth-order valence-corrected chi connectivity index (χ4v) is 3.48. The zero-order valence-electron chi connectivity index (χ0n) is 12.4. The minimum absolute atomic E-state index is 0.100. The van der Waals surface area contributed by atoms with E-state index in [1.54, 1.807) is 0 Å². The van der Waals surface area contributed by atoms with Crippen molar-refractivity contribution in [2.75, 3.05) is 9.62 Å². The van der Waals surface area contributed by atoms with Crippen molar-refractivity contribution in [1.82, 2.24) is 0 Å². The summed E-state index contributed by atoms with van der Waals surface area (Å²) < 4.78 is 40.1. The molecule has 3 rings (SSSR count). The van der Waals surface area contributed by atoms with Gasteiger partial charge in [-0.2, -0.15) is 0 Å². The van der Waals surface area contributed by atoms with E-state index in [0.717, 1.165) is 17.0 Å². The Morgan fingerprint density at radius 2 is 1.58 bits per heavy atom. The Morgan fingerprint density at radius 3 is 2.21 bits per heavy atom. The Balaban J connectivity index is 1.91. The number of benzene rings is 2. The normalized spacial score (nSPS) is 15.0. The molecule has 2 amide bonds. The molecular formula is C16H13FN2O4S. The lowest BCUT2D eigenvalue weighted by atomic mass is 10.3. The van der Waals surface area contributed by atoms with Crippen molar-refractivity contribution in [1.29, 1.82) is 0 Å². The summed E-state index contributed by atoms with van der Waals surface area (Å²) in [7, 11) is -3.93. The van der Waals surface area contributed by atoms with E-state index in [4.69, 9.17) is 0 Å². The zero-order valence-corrected chi connectivity index (χ0v) is 13.2. The Hall–Kier alpha value is -2.74. The second-order valence-corrected chi connectivity index (χ2v) is 6.92. The molecule has 0 atom stereocenters. The first-order valence-electron chi connectivity index (χ1n) is 7.11. The van der Waals surface area contributed by atoms with Crippen LogP contribution >= 0.6 is 0 Å². The number of anilines is 2. The number of hydrogen-bond acceptors (Lipinski definition) is 4. The molecule has 0 radical (unpaired) electrons. The van der Waals surface area contributed by atoms with Crippen LogP contribution in [0.3, 0.4) is 0 Å². The zero-order chi connectivity index (χ0) is 17.3. The number of amides is 2. The third-order valence-electron chi connectivity index (χ3n) is 3.53. The molecular weight excluding hydrogens is 335 g/mol. The van der Waals surface area contributed by atoms with E-state index in [9.17, 15) is 22.4 Å². The highest BCUT2D eigenvalue weighted by Gasteiger charge is 2.31. The molecule has 24 heavy (non-hydrogen) atoms. The van der Waals surface area contributed by atoms with E-state index >= 15 is 0 Å². The number of nitrogens with one attached hydrogen (secondary N) is 1. The van der Waals surface area contributed by atoms with Crippen molar-refractivity contribution < 1.29 is 22.4 Å². The highest BCUT2D eigenvalue weighted by atomic mass is 32.2. The first-order valence-corrected chi connectivity index (χ1v) is 8.59. The maximum Gasteiger partial charge on any atom is 0.261 e. The number of hydrogen-bond donors (Lipinski definition) is 1. The van der Waals surface area contributed by atoms with Gasteiger partial charge < -0.3 is 0 Å². The molecule has 0 saturated carbocycles. The Kier molecular flexibility index (Phi) is 4.06. The van der Waals surface area contributed by atoms with Gasteiger partial charge in [0.1, 0.15) is 5.82 Å². The fourth-order valence-electron chi connectivity index (χ4n) is 2.39. The fraction of sp³-hybridized carbons (Fsp3) is 0.125. The molecule has 1 N–H and O–H groups in total. The van der Waals surface area contributed by atoms with Gasteiger partial charge in [-0.1, -0.05) is 6.07 Å². The molecule has 1 aliphatic heterocycles. The highest BCUT2D eigenvalue weighted by Crippen LogP contribution is 2.26. The van der Waals surface area contributed by atoms with Gasteiger partial charge in [-0.05, 0) is 42.5 Å². The van der Waals surface area contributed by atoms with E-state index in [-0.39, 0.29) is 40.9 Å². The third kappa shape index (κ3) is 3.13. The highest BCUT2D eigenvalue weighted by molar-refractivity contribution is 7.92. The summed E-state index contributed by atoms with van der Waals surface area (Å²) >= 11 is 0. The van der Waals surface area contributed by atoms with Crippen LogP contribution in [0, 0.1) is 5.82 Å². The smallest absolute Gasteiger partial charge is 0.261 e. The summed E-state index contributed by atoms with van der Waals surface area (Å²) in [5, 5.41) is 0. The van der Waals surface area contributed by atoms with E-state index < -0.39 is 15.8 Å². The number of carbonyl (C=O) groups is 2. The molecule has 1 fully saturated rings. The van der Waals surface area contributed by atoms with Gasteiger partial charge in [0, 0.05) is 18.5 Å². The van der Waals surface area contributed by atoms with E-state index in [1.165, 1.54) is 36.4 Å². The van der Waals surface area contributed by atoms with Gasteiger partial charge in [0.25, 0.3) is 10.0 Å². The van der Waals surface area contributed by atoms with Gasteiger partial charge in [0.15, 0.2) is 0 Å². The van der Waals surface area contributed by atoms with Crippen LogP contribution in [0.2, 0.25) is 0 Å². The molecule has 1 aliphatic rings. The maximum absolute atomic E-state index is 12.9. The third-order valence-corrected chi connectivity index (χ3v) is 4.91. The molecule has 6 nitrogen and oxygen atoms in total. The predicted molar refractivity (Wildman–Crippen MR) is 85.4 cm³/mol. The summed E-state index contributed by atoms with van der Waals surface area (Å²) in [6.07, 6.45) is 0.229. The summed E-state index contributed by atoms with van der Waals surface area (Å²) in [6, 6.07) is 10.4. The lowest BCUT2D eigenvalue weighted by Crippen LogP contribution is -2.28. The number of imide groups is 1. The quantitative estimate of drug-likeness (QED) is 0.859. The monoisotopic (exact) mass is 348 g/mol. The van der Waals surface area contributed by atoms with Crippen molar-refractivity contribution in [2.24, 2.45) is 0 Å². The van der Waals surface area contributed by atoms with Gasteiger partial charge in [0.05, 0.1) is 10.6 Å². The van der Waals surface area contributed by atoms with Gasteiger partial charge in [-0.25, -0.2) is 12.8 Å². The molecule has 0 spiro atoms. The molecule has 0 aliphatic carbocycles. The maximum atomic E-state index is 12.9. The van der Waals surface area contributed by atoms with Gasteiger partial charge in [-0.3, -0.25) is 19.2 Å². The minimum Gasteiger partial charge on any atom is -0.280 e. The first kappa shape index (κ1) is 16.1. The van der Waals surface area contributed by atoms with Gasteiger partial charge in [-0.15, -0.1) is 0 Å². The predicted octanol–water partition coefficient (Wildman–Crippen LogP) is 2.28. The van der Waals surface area contributed by atoms with E-state index in [1.807, 2.05) is 0 Å². The number of rotatable bonds is 4. The average molecular weight is 348 g/mol. The Bertz CT molecular complexity index is 894. The van der Waals surface area contributed by atoms with Crippen molar-refractivity contribution >= 4 is 33.2 Å². The van der Waals surface area contributed by atoms with Crippen LogP contribution in [0.25, 0.3) is 0 Å². The van der Waals surface area contributed by atoms with Crippen LogP contribution in [0.15, 0.2) is 53.4 Å². The van der Waals surface area contributed by atoms with Crippen LogP contribution in [0.5, 0.6) is 0 Å². The summed E-state index contributed by atoms with van der Waals surface area (Å²) in [5.41, 5.74) is 0.416. The van der Waals surface area contributed by atoms with Crippen LogP contribution in [-0.2, 0) is 19.6 Å². The molecule has 0 unspecified atom stereocenters. The average Bonchev–Trinajstić information content (AvgIpc) is 2.88. The van der Waals surface area contributed by atoms with Crippen molar-refractivity contribution in [3.05, 3.63) is 54.3 Å². The SMILES string of the molecule is O=C1CCC(=O)N1c1cccc(S(=O)(=O)Nc2ccc(F)cc2)c1. The van der Waals surface area contributed by atoms with Gasteiger partial charge in [0.2, 0.25) is 11.8 Å². The lowest BCUT2D eigenvalue weighted by molar-refractivity contribution is -0.121. The van der Waals surface area contributed by atoms with Crippen molar-refractivity contribution in [3.63, 3.8) is 0 Å². The molecule has 1 heterocycles. The van der Waals surface area contributed by atoms with E-state index in [0.29, 0.717) is 0 Å². The van der Waals surface area contributed by atoms with Crippen molar-refractivity contribution in [3.8, 4) is 0 Å². The molecule has 1 saturated heterocycles. The summed E-state index contributed by atoms with van der Waals surface area (Å²) in [6.45, 7) is 0. The largest absolute Gasteiger partial charge is 0.280 e. The molecule has 2 aromatic rings. The van der Waals surface area contributed by atoms with Gasteiger partial charge >= 0.3 is 0 Å². The van der Waals surface area contributed by atoms with E-state index in [2.05, 4.69) is 4.72 Å². The number of sulfonamides is 1. The molecule has 2 aromatic carbocycles. The molecule has 124 valence electrons. The lowest BCUT2D eigenvalue weighted by Gasteiger charge is -2.15. The van der Waals surface area contributed by atoms with Crippen LogP contribution in [0.1, 0.15) is 12.8 Å². The number of halogens is 1. The molecule has 0 aromatic heterocycles. The van der Waals surface area contributed by atoms with Crippen LogP contribution in [0.4, 0.5) is 15.8 Å².